The third-order valence-corrected chi connectivity index (χ3v) is 10.9. The molecule has 13 nitrogen and oxygen atoms in total. The number of ether oxygens (including phenoxy) is 4. The number of amides is 1. The molecule has 4 atom stereocenters. The Kier molecular flexibility index (Phi) is 13.5. The van der Waals surface area contributed by atoms with Gasteiger partial charge in [-0.25, -0.2) is 14.3 Å². The Bertz CT molecular complexity index is 1680. The monoisotopic (exact) mass is 727 g/mol. The standard InChI is InChI=1S/C37H51N4O9P/c1-24(2)41(25(3)4)51(50-33-21-34(49-27(33)6)40-22-26(5)35(42)39-36(40)43)48-20-19-46-18-17-45-16-15-38-37(44)47-23-32-30-13-9-7-11-28(30)29-12-8-10-14-31(29)32/h7-14,22,24-25,27,32-34H,15-21,23H2,1-6H3,(H,38,44)(H,39,42,43)/t27-,33?,34-,51?/m1/s1/i6D. The van der Waals surface area contributed by atoms with Gasteiger partial charge < -0.3 is 33.3 Å². The van der Waals surface area contributed by atoms with Gasteiger partial charge in [-0.3, -0.25) is 14.3 Å². The van der Waals surface area contributed by atoms with Crippen molar-refractivity contribution >= 4 is 14.6 Å². The van der Waals surface area contributed by atoms with Gasteiger partial charge in [-0.15, -0.1) is 0 Å². The molecule has 2 aliphatic rings. The quantitative estimate of drug-likeness (QED) is 0.128. The van der Waals surface area contributed by atoms with Gasteiger partial charge >= 0.3 is 11.8 Å². The molecule has 1 aliphatic carbocycles. The molecule has 5 rings (SSSR count). The summed E-state index contributed by atoms with van der Waals surface area (Å²) in [6, 6.07) is 16.7. The highest BCUT2D eigenvalue weighted by Gasteiger charge is 2.39. The lowest BCUT2D eigenvalue weighted by molar-refractivity contribution is -0.00994. The van der Waals surface area contributed by atoms with Crippen LogP contribution in [0.4, 0.5) is 4.79 Å². The lowest BCUT2D eigenvalue weighted by Crippen LogP contribution is -2.35. The van der Waals surface area contributed by atoms with E-state index in [1.807, 2.05) is 24.3 Å². The fraction of sp³-hybridized carbons (Fsp3) is 0.541. The number of benzene rings is 2. The molecule has 1 aromatic heterocycles. The SMILES string of the molecule is [2H]C[C@H]1O[C@@H](n2cc(C)c(=O)[nH]c2=O)CC1OP(OCCOCCOCCNC(=O)OCC1c2ccccc2-c2ccccc21)N(C(C)C)C(C)C. The molecule has 0 bridgehead atoms. The molecule has 14 heteroatoms. The van der Waals surface area contributed by atoms with Gasteiger partial charge in [0, 0.05) is 44.1 Å². The Balaban J connectivity index is 1.00. The van der Waals surface area contributed by atoms with Crippen LogP contribution in [0, 0.1) is 6.92 Å². The predicted octanol–water partition coefficient (Wildman–Crippen LogP) is 5.47. The smallest absolute Gasteiger partial charge is 0.407 e. The highest BCUT2D eigenvalue weighted by Crippen LogP contribution is 2.50. The predicted molar refractivity (Wildman–Crippen MR) is 195 cm³/mol. The molecule has 3 aromatic rings. The number of carbonyl (C=O) groups excluding carboxylic acids is 1. The molecule has 1 aliphatic heterocycles. The Hall–Kier alpha value is -3.42. The van der Waals surface area contributed by atoms with Crippen LogP contribution in [0.15, 0.2) is 64.3 Å². The molecule has 2 aromatic carbocycles. The molecule has 0 radical (unpaired) electrons. The average molecular weight is 728 g/mol. The number of rotatable bonds is 18. The molecule has 278 valence electrons. The van der Waals surface area contributed by atoms with Gasteiger partial charge in [-0.1, -0.05) is 48.5 Å². The first-order chi connectivity index (χ1) is 25.1. The highest BCUT2D eigenvalue weighted by atomic mass is 31.2. The van der Waals surface area contributed by atoms with Crippen molar-refractivity contribution < 1.29 is 34.2 Å². The number of aromatic amines is 1. The van der Waals surface area contributed by atoms with E-state index in [2.05, 4.69) is 66.9 Å². The zero-order chi connectivity index (χ0) is 37.2. The van der Waals surface area contributed by atoms with E-state index in [0.717, 1.165) is 0 Å². The van der Waals surface area contributed by atoms with Crippen molar-refractivity contribution in [2.75, 3.05) is 46.2 Å². The van der Waals surface area contributed by atoms with Crippen molar-refractivity contribution in [3.63, 3.8) is 0 Å². The van der Waals surface area contributed by atoms with Crippen LogP contribution in [-0.4, -0.2) is 90.8 Å². The second kappa shape index (κ2) is 18.4. The molecule has 2 N–H and O–H groups in total. The molecule has 2 heterocycles. The number of hydrogen-bond donors (Lipinski definition) is 2. The second-order valence-electron chi connectivity index (χ2n) is 13.1. The Morgan fingerprint density at radius 1 is 1.00 bits per heavy atom. The first kappa shape index (κ1) is 37.3. The van der Waals surface area contributed by atoms with Crippen molar-refractivity contribution in [1.29, 1.82) is 0 Å². The number of alkyl carbamates (subject to hydrolysis) is 1. The molecular weight excluding hydrogens is 675 g/mol. The van der Waals surface area contributed by atoms with E-state index in [1.54, 1.807) is 6.92 Å². The normalized spacial score (nSPS) is 19.4. The lowest BCUT2D eigenvalue weighted by Gasteiger charge is -2.37. The van der Waals surface area contributed by atoms with Gasteiger partial charge in [0.15, 0.2) is 0 Å². The summed E-state index contributed by atoms with van der Waals surface area (Å²) in [4.78, 5) is 39.1. The van der Waals surface area contributed by atoms with E-state index >= 15 is 0 Å². The van der Waals surface area contributed by atoms with E-state index in [1.165, 1.54) is 33.0 Å². The minimum absolute atomic E-state index is 0.00640. The highest BCUT2D eigenvalue weighted by molar-refractivity contribution is 7.44. The van der Waals surface area contributed by atoms with Crippen LogP contribution < -0.4 is 16.6 Å². The summed E-state index contributed by atoms with van der Waals surface area (Å²) in [5.74, 6) is 0.00640. The van der Waals surface area contributed by atoms with E-state index in [0.29, 0.717) is 45.0 Å². The summed E-state index contributed by atoms with van der Waals surface area (Å²) >= 11 is 0. The molecular formula is C37H51N4O9P. The van der Waals surface area contributed by atoms with Crippen LogP contribution in [0.5, 0.6) is 0 Å². The Morgan fingerprint density at radius 3 is 2.27 bits per heavy atom. The van der Waals surface area contributed by atoms with Gasteiger partial charge in [0.05, 0.1) is 45.2 Å². The van der Waals surface area contributed by atoms with E-state index in [-0.39, 0.29) is 38.1 Å². The summed E-state index contributed by atoms with van der Waals surface area (Å²) in [5.41, 5.74) is 4.08. The van der Waals surface area contributed by atoms with E-state index in [9.17, 15) is 14.4 Å². The topological polar surface area (TPSA) is 143 Å². The van der Waals surface area contributed by atoms with Crippen molar-refractivity contribution in [3.05, 3.63) is 92.3 Å². The number of nitrogens with zero attached hydrogens (tertiary/aromatic N) is 2. The van der Waals surface area contributed by atoms with Crippen LogP contribution >= 0.6 is 8.53 Å². The van der Waals surface area contributed by atoms with Gasteiger partial charge in [-0.2, -0.15) is 0 Å². The molecule has 51 heavy (non-hydrogen) atoms. The van der Waals surface area contributed by atoms with Crippen LogP contribution in [0.2, 0.25) is 0 Å². The summed E-state index contributed by atoms with van der Waals surface area (Å²) in [7, 11) is -1.56. The maximum Gasteiger partial charge on any atom is 0.407 e. The Labute approximate surface area is 301 Å². The zero-order valence-electron chi connectivity index (χ0n) is 31.0. The van der Waals surface area contributed by atoms with Gasteiger partial charge in [0.2, 0.25) is 0 Å². The molecule has 0 saturated carbocycles. The molecule has 2 unspecified atom stereocenters. The maximum absolute atomic E-state index is 12.5. The van der Waals surface area contributed by atoms with Crippen molar-refractivity contribution in [2.45, 2.75) is 84.4 Å². The summed E-state index contributed by atoms with van der Waals surface area (Å²) in [6.07, 6.45) is -0.431. The van der Waals surface area contributed by atoms with Gasteiger partial charge in [0.1, 0.15) is 12.8 Å². The molecule has 1 amide bonds. The largest absolute Gasteiger partial charge is 0.449 e. The molecule has 1 fully saturated rings. The first-order valence-corrected chi connectivity index (χ1v) is 18.6. The fourth-order valence-electron chi connectivity index (χ4n) is 6.40. The van der Waals surface area contributed by atoms with Crippen molar-refractivity contribution in [3.8, 4) is 11.1 Å². The number of nitrogens with one attached hydrogen (secondary N) is 2. The first-order valence-electron chi connectivity index (χ1n) is 18.2. The number of aromatic nitrogens is 2. The van der Waals surface area contributed by atoms with Crippen molar-refractivity contribution in [1.82, 2.24) is 19.5 Å². The van der Waals surface area contributed by atoms with Gasteiger partial charge in [-0.05, 0) is 63.8 Å². The zero-order valence-corrected chi connectivity index (χ0v) is 30.9. The minimum atomic E-state index is -1.56. The number of carbonyl (C=O) groups is 1. The second-order valence-corrected chi connectivity index (χ2v) is 14.5. The summed E-state index contributed by atoms with van der Waals surface area (Å²) < 4.78 is 47.3. The van der Waals surface area contributed by atoms with Crippen LogP contribution in [0.1, 0.15) is 71.2 Å². The van der Waals surface area contributed by atoms with Crippen LogP contribution in [0.3, 0.4) is 0 Å². The maximum atomic E-state index is 12.5. The number of aryl methyl sites for hydroxylation is 1. The third kappa shape index (κ3) is 9.92. The fourth-order valence-corrected chi connectivity index (χ4v) is 8.14. The number of H-pyrrole nitrogens is 1. The van der Waals surface area contributed by atoms with E-state index in [4.69, 9.17) is 29.4 Å². The van der Waals surface area contributed by atoms with Crippen LogP contribution in [0.25, 0.3) is 11.1 Å². The van der Waals surface area contributed by atoms with Gasteiger partial charge in [0.25, 0.3) is 14.1 Å². The number of hydrogen-bond acceptors (Lipinski definition) is 10. The third-order valence-electron chi connectivity index (χ3n) is 8.77. The Morgan fingerprint density at radius 2 is 1.63 bits per heavy atom. The van der Waals surface area contributed by atoms with E-state index < -0.39 is 44.3 Å². The lowest BCUT2D eigenvalue weighted by atomic mass is 9.98. The molecule has 0 spiro atoms. The minimum Gasteiger partial charge on any atom is -0.449 e. The average Bonchev–Trinajstić information content (AvgIpc) is 3.67. The summed E-state index contributed by atoms with van der Waals surface area (Å²) in [6.45, 7) is 12.0. The van der Waals surface area contributed by atoms with Crippen LogP contribution in [-0.2, 0) is 28.0 Å². The summed E-state index contributed by atoms with van der Waals surface area (Å²) in [5, 5.41) is 2.75. The number of fused-ring (bicyclic) bond motifs is 3. The van der Waals surface area contributed by atoms with Crippen molar-refractivity contribution in [2.24, 2.45) is 0 Å². The molecule has 1 saturated heterocycles.